The number of nitrogens with one attached hydrogen (secondary N) is 1. The zero-order chi connectivity index (χ0) is 41.7. The third-order valence-corrected chi connectivity index (χ3v) is 12.6. The van der Waals surface area contributed by atoms with Crippen LogP contribution in [0.1, 0.15) is 91.2 Å². The average molecular weight is 823 g/mol. The summed E-state index contributed by atoms with van der Waals surface area (Å²) < 4.78 is 52.4. The van der Waals surface area contributed by atoms with Crippen LogP contribution in [0.3, 0.4) is 0 Å². The Morgan fingerprint density at radius 1 is 1.03 bits per heavy atom. The van der Waals surface area contributed by atoms with E-state index in [1.807, 2.05) is 0 Å². The van der Waals surface area contributed by atoms with E-state index in [9.17, 15) is 29.0 Å². The van der Waals surface area contributed by atoms with Crippen LogP contribution in [0.25, 0.3) is 5.52 Å². The number of nitrogens with zero attached hydrogens (tertiary/aromatic N) is 4. The fraction of sp³-hybridized carbons (Fsp3) is 0.575. The van der Waals surface area contributed by atoms with Crippen LogP contribution in [0.15, 0.2) is 48.8 Å². The maximum atomic E-state index is 14.7. The second-order valence-corrected chi connectivity index (χ2v) is 17.4. The molecular weight excluding hydrogens is 771 g/mol. The first-order valence-electron chi connectivity index (χ1n) is 19.8. The molecule has 312 valence electrons. The predicted octanol–water partition coefficient (Wildman–Crippen LogP) is 5.36. The third-order valence-electron chi connectivity index (χ3n) is 11.0. The Kier molecular flexibility index (Phi) is 13.2. The van der Waals surface area contributed by atoms with E-state index in [-0.39, 0.29) is 23.2 Å². The molecule has 3 aromatic rings. The smallest absolute Gasteiger partial charge is 0.459 e. The van der Waals surface area contributed by atoms with Crippen molar-refractivity contribution in [1.29, 1.82) is 5.26 Å². The van der Waals surface area contributed by atoms with E-state index in [0.717, 1.165) is 51.4 Å². The lowest BCUT2D eigenvalue weighted by molar-refractivity contribution is -0.173. The molecule has 2 aromatic heterocycles. The van der Waals surface area contributed by atoms with Gasteiger partial charge in [0.2, 0.25) is 5.60 Å². The summed E-state index contributed by atoms with van der Waals surface area (Å²) >= 11 is 0. The monoisotopic (exact) mass is 822 g/mol. The third kappa shape index (κ3) is 9.05. The van der Waals surface area contributed by atoms with Gasteiger partial charge in [-0.05, 0) is 68.7 Å². The van der Waals surface area contributed by atoms with Crippen LogP contribution in [0.2, 0.25) is 0 Å². The van der Waals surface area contributed by atoms with Crippen molar-refractivity contribution in [2.24, 2.45) is 17.8 Å². The lowest BCUT2D eigenvalue weighted by atomic mass is 9.84. The Morgan fingerprint density at radius 2 is 1.71 bits per heavy atom. The van der Waals surface area contributed by atoms with Gasteiger partial charge in [0.1, 0.15) is 41.7 Å². The van der Waals surface area contributed by atoms with Gasteiger partial charge in [-0.3, -0.25) is 18.9 Å². The summed E-state index contributed by atoms with van der Waals surface area (Å²) in [7, 11) is -4.64. The number of carbonyl (C=O) groups excluding carboxylic acids is 4. The van der Waals surface area contributed by atoms with Crippen molar-refractivity contribution in [1.82, 2.24) is 19.7 Å². The predicted molar refractivity (Wildman–Crippen MR) is 206 cm³/mol. The molecule has 2 aliphatic carbocycles. The molecule has 18 heteroatoms. The lowest BCUT2D eigenvalue weighted by Crippen LogP contribution is -2.47. The van der Waals surface area contributed by atoms with Crippen LogP contribution in [0.4, 0.5) is 5.82 Å². The van der Waals surface area contributed by atoms with Gasteiger partial charge in [0.15, 0.2) is 18.0 Å². The Morgan fingerprint density at radius 3 is 2.34 bits per heavy atom. The van der Waals surface area contributed by atoms with E-state index in [1.54, 1.807) is 52.0 Å². The van der Waals surface area contributed by atoms with Gasteiger partial charge in [-0.2, -0.15) is 10.4 Å². The molecule has 1 aromatic carbocycles. The average Bonchev–Trinajstić information content (AvgIpc) is 4.02. The van der Waals surface area contributed by atoms with Gasteiger partial charge >= 0.3 is 25.7 Å². The summed E-state index contributed by atoms with van der Waals surface area (Å²) in [5.74, 6) is -2.98. The molecule has 3 fully saturated rings. The summed E-state index contributed by atoms with van der Waals surface area (Å²) in [5.41, 5.74) is 3.69. The number of esters is 3. The molecule has 3 aliphatic rings. The van der Waals surface area contributed by atoms with Crippen molar-refractivity contribution >= 4 is 43.3 Å². The summed E-state index contributed by atoms with van der Waals surface area (Å²) in [4.78, 5) is 56.6. The molecule has 17 nitrogen and oxygen atoms in total. The van der Waals surface area contributed by atoms with Crippen molar-refractivity contribution in [2.75, 3.05) is 12.3 Å². The van der Waals surface area contributed by atoms with Crippen molar-refractivity contribution in [3.63, 3.8) is 0 Å². The highest BCUT2D eigenvalue weighted by molar-refractivity contribution is 7.52. The zero-order valence-corrected chi connectivity index (χ0v) is 34.0. The number of nitrogens with two attached hydrogens (primary N) is 1. The molecule has 0 radical (unpaired) electrons. The van der Waals surface area contributed by atoms with Crippen molar-refractivity contribution < 1.29 is 51.7 Å². The standard InChI is InChI=1S/C40H51N6O11P/c1-25(2)37(49)53-34-31(55-40(23-41,35(34)54-38(50)26(3)4)32-17-16-30-36(42)43-24-44-46(30)32)22-52-58(51,57-29-14-6-5-7-15-29)45-28(21-47)20-33(48)56-39(18-10-11-19-39)27-12-8-9-13-27/h5-7,14-17,21,24-28,31,34-35H,8-13,18-20,22H2,1-4H3,(H,45,51)(H2,42,43,44)/t28-,31+,34+,35+,40-,58?/m0/s1. The normalized spacial score (nSPS) is 24.6. The van der Waals surface area contributed by atoms with Gasteiger partial charge in [-0.25, -0.2) is 19.2 Å². The number of nitrogen functional groups attached to an aromatic ring is 1. The first kappa shape index (κ1) is 42.7. The number of hydrogen-bond donors (Lipinski definition) is 2. The molecule has 0 bridgehead atoms. The topological polar surface area (TPSA) is 233 Å². The Labute approximate surface area is 336 Å². The second kappa shape index (κ2) is 17.9. The number of anilines is 1. The minimum atomic E-state index is -4.64. The molecule has 6 rings (SSSR count). The van der Waals surface area contributed by atoms with Gasteiger partial charge in [-0.1, -0.05) is 58.7 Å². The summed E-state index contributed by atoms with van der Waals surface area (Å²) in [6, 6.07) is 11.8. The number of carbonyl (C=O) groups is 4. The van der Waals surface area contributed by atoms with Crippen molar-refractivity contribution in [3.8, 4) is 11.8 Å². The first-order chi connectivity index (χ1) is 27.7. The quantitative estimate of drug-likeness (QED) is 0.0755. The molecule has 2 saturated carbocycles. The van der Waals surface area contributed by atoms with Gasteiger partial charge < -0.3 is 34.0 Å². The van der Waals surface area contributed by atoms with Crippen LogP contribution in [-0.4, -0.2) is 75.4 Å². The van der Waals surface area contributed by atoms with Gasteiger partial charge in [0.05, 0.1) is 36.6 Å². The lowest BCUT2D eigenvalue weighted by Gasteiger charge is -2.35. The molecule has 0 amide bonds. The molecule has 3 heterocycles. The first-order valence-corrected chi connectivity index (χ1v) is 21.3. The molecule has 6 atom stereocenters. The molecule has 1 aliphatic heterocycles. The SMILES string of the molecule is CC(C)C(=O)O[C@H]1[C@@H](OC(=O)C(C)C)[C@](C#N)(c2ccc3c(N)ncnn23)O[C@@H]1COP(=O)(N[C@H](C=O)CC(=O)OC1(C2CCCC2)CCCC1)Oc1ccccc1. The van der Waals surface area contributed by atoms with E-state index in [4.69, 9.17) is 33.7 Å². The second-order valence-electron chi connectivity index (χ2n) is 15.7. The maximum absolute atomic E-state index is 14.7. The Hall–Kier alpha value is -4.88. The van der Waals surface area contributed by atoms with Crippen LogP contribution in [0.5, 0.6) is 5.75 Å². The van der Waals surface area contributed by atoms with Crippen LogP contribution in [0, 0.1) is 29.1 Å². The number of rotatable bonds is 17. The Bertz CT molecular complexity index is 2040. The number of aromatic nitrogens is 3. The fourth-order valence-electron chi connectivity index (χ4n) is 8.01. The molecule has 3 N–H and O–H groups in total. The number of ether oxygens (including phenoxy) is 4. The Balaban J connectivity index is 1.32. The number of hydrogen-bond acceptors (Lipinski definition) is 15. The van der Waals surface area contributed by atoms with Crippen LogP contribution >= 0.6 is 7.75 Å². The van der Waals surface area contributed by atoms with Crippen LogP contribution < -0.4 is 15.3 Å². The van der Waals surface area contributed by atoms with Gasteiger partial charge in [-0.15, -0.1) is 0 Å². The van der Waals surface area contributed by atoms with Crippen molar-refractivity contribution in [2.45, 2.75) is 121 Å². The molecule has 58 heavy (non-hydrogen) atoms. The highest BCUT2D eigenvalue weighted by atomic mass is 31.2. The number of fused-ring (bicyclic) bond motifs is 1. The van der Waals surface area contributed by atoms with Gasteiger partial charge in [0, 0.05) is 0 Å². The number of aldehydes is 1. The number of benzene rings is 1. The summed E-state index contributed by atoms with van der Waals surface area (Å²) in [6.07, 6.45) is 4.04. The van der Waals surface area contributed by atoms with E-state index >= 15 is 0 Å². The maximum Gasteiger partial charge on any atom is 0.459 e. The molecule has 1 saturated heterocycles. The minimum Gasteiger partial charge on any atom is -0.459 e. The van der Waals surface area contributed by atoms with Crippen molar-refractivity contribution in [3.05, 3.63) is 54.5 Å². The molecule has 1 unspecified atom stereocenters. The van der Waals surface area contributed by atoms with E-state index in [1.165, 1.54) is 29.0 Å². The summed E-state index contributed by atoms with van der Waals surface area (Å²) in [5, 5.41) is 17.8. The van der Waals surface area contributed by atoms with Gasteiger partial charge in [0.25, 0.3) is 0 Å². The number of nitriles is 1. The number of para-hydroxylation sites is 1. The molecular formula is C40H51N6O11P. The largest absolute Gasteiger partial charge is 0.459 e. The highest BCUT2D eigenvalue weighted by Gasteiger charge is 2.63. The van der Waals surface area contributed by atoms with E-state index in [0.29, 0.717) is 11.8 Å². The highest BCUT2D eigenvalue weighted by Crippen LogP contribution is 2.50. The van der Waals surface area contributed by atoms with Crippen LogP contribution in [-0.2, 0) is 52.8 Å². The summed E-state index contributed by atoms with van der Waals surface area (Å²) in [6.45, 7) is 5.66. The fourth-order valence-corrected chi connectivity index (χ4v) is 9.49. The van der Waals surface area contributed by atoms with E-state index in [2.05, 4.69) is 21.2 Å². The molecule has 0 spiro atoms. The van der Waals surface area contributed by atoms with E-state index < -0.39 is 86.1 Å². The minimum absolute atomic E-state index is 0.0627. The zero-order valence-electron chi connectivity index (χ0n) is 33.1.